The molecule has 1 saturated heterocycles. The predicted molar refractivity (Wildman–Crippen MR) is 97.6 cm³/mol. The Kier molecular flexibility index (Phi) is 4.32. The third kappa shape index (κ3) is 3.14. The lowest BCUT2D eigenvalue weighted by atomic mass is 9.94. The van der Waals surface area contributed by atoms with Crippen molar-refractivity contribution in [3.63, 3.8) is 0 Å². The van der Waals surface area contributed by atoms with Gasteiger partial charge in [-0.15, -0.1) is 0 Å². The van der Waals surface area contributed by atoms with Gasteiger partial charge in [0.1, 0.15) is 5.82 Å². The maximum Gasteiger partial charge on any atom is 0.254 e. The van der Waals surface area contributed by atoms with Crippen molar-refractivity contribution in [2.24, 2.45) is 0 Å². The molecule has 0 aliphatic carbocycles. The van der Waals surface area contributed by atoms with Gasteiger partial charge in [-0.1, -0.05) is 12.1 Å². The van der Waals surface area contributed by atoms with Crippen LogP contribution in [0.15, 0.2) is 42.5 Å². The van der Waals surface area contributed by atoms with Crippen LogP contribution < -0.4 is 10.6 Å². The van der Waals surface area contributed by atoms with Crippen LogP contribution in [-0.4, -0.2) is 29.8 Å². The molecule has 0 aromatic heterocycles. The second-order valence-corrected chi connectivity index (χ2v) is 6.73. The molecule has 1 fully saturated rings. The number of fused-ring (bicyclic) bond motifs is 1. The fourth-order valence-corrected chi connectivity index (χ4v) is 3.71. The second kappa shape index (κ2) is 6.78. The summed E-state index contributed by atoms with van der Waals surface area (Å²) in [5, 5.41) is 5.81. The predicted octanol–water partition coefficient (Wildman–Crippen LogP) is 3.56. The van der Waals surface area contributed by atoms with Crippen LogP contribution in [0.5, 0.6) is 0 Å². The Balaban J connectivity index is 1.63. The SMILES string of the molecule is O=C1CNc2ccc(C(=O)N3CCCC[C@@H]3c3cccc(F)c3)cc2N1. The van der Waals surface area contributed by atoms with E-state index in [1.54, 1.807) is 18.2 Å². The van der Waals surface area contributed by atoms with Crippen molar-refractivity contribution in [3.8, 4) is 0 Å². The van der Waals surface area contributed by atoms with Crippen molar-refractivity contribution < 1.29 is 14.0 Å². The first-order valence-corrected chi connectivity index (χ1v) is 8.86. The molecule has 134 valence electrons. The van der Waals surface area contributed by atoms with E-state index in [4.69, 9.17) is 0 Å². The van der Waals surface area contributed by atoms with Crippen LogP contribution in [-0.2, 0) is 4.79 Å². The molecule has 2 aliphatic rings. The van der Waals surface area contributed by atoms with Crippen molar-refractivity contribution in [2.45, 2.75) is 25.3 Å². The fourth-order valence-electron chi connectivity index (χ4n) is 3.71. The molecule has 0 bridgehead atoms. The molecule has 2 aliphatic heterocycles. The molecule has 2 aromatic rings. The number of nitrogens with zero attached hydrogens (tertiary/aromatic N) is 1. The first kappa shape index (κ1) is 16.6. The lowest BCUT2D eigenvalue weighted by Crippen LogP contribution is -2.38. The Labute approximate surface area is 151 Å². The molecule has 0 saturated carbocycles. The number of likely N-dealkylation sites (tertiary alicyclic amines) is 1. The summed E-state index contributed by atoms with van der Waals surface area (Å²) in [6, 6.07) is 11.6. The summed E-state index contributed by atoms with van der Waals surface area (Å²) in [5.41, 5.74) is 2.77. The molecule has 2 aromatic carbocycles. The summed E-state index contributed by atoms with van der Waals surface area (Å²) in [4.78, 5) is 26.5. The Morgan fingerprint density at radius 1 is 1.12 bits per heavy atom. The van der Waals surface area contributed by atoms with E-state index < -0.39 is 0 Å². The van der Waals surface area contributed by atoms with E-state index in [2.05, 4.69) is 10.6 Å². The number of amides is 2. The lowest BCUT2D eigenvalue weighted by molar-refractivity contribution is -0.114. The number of halogens is 1. The van der Waals surface area contributed by atoms with E-state index in [0.29, 0.717) is 17.8 Å². The number of carbonyl (C=O) groups is 2. The van der Waals surface area contributed by atoms with Gasteiger partial charge in [0.25, 0.3) is 5.91 Å². The Hall–Kier alpha value is -2.89. The molecule has 5 nitrogen and oxygen atoms in total. The first-order valence-electron chi connectivity index (χ1n) is 8.86. The van der Waals surface area contributed by atoms with Crippen LogP contribution in [0.4, 0.5) is 15.8 Å². The van der Waals surface area contributed by atoms with Crippen molar-refractivity contribution in [2.75, 3.05) is 23.7 Å². The van der Waals surface area contributed by atoms with Crippen molar-refractivity contribution >= 4 is 23.2 Å². The number of benzene rings is 2. The highest BCUT2D eigenvalue weighted by atomic mass is 19.1. The zero-order valence-electron chi connectivity index (χ0n) is 14.3. The number of nitrogens with one attached hydrogen (secondary N) is 2. The van der Waals surface area contributed by atoms with Gasteiger partial charge in [-0.3, -0.25) is 9.59 Å². The van der Waals surface area contributed by atoms with Gasteiger partial charge in [0.2, 0.25) is 5.91 Å². The van der Waals surface area contributed by atoms with Crippen LogP contribution >= 0.6 is 0 Å². The molecular weight excluding hydrogens is 333 g/mol. The number of anilines is 2. The summed E-state index contributed by atoms with van der Waals surface area (Å²) in [6.45, 7) is 0.871. The van der Waals surface area contributed by atoms with Gasteiger partial charge in [-0.2, -0.15) is 0 Å². The van der Waals surface area contributed by atoms with E-state index in [1.807, 2.05) is 17.0 Å². The zero-order chi connectivity index (χ0) is 18.1. The van der Waals surface area contributed by atoms with Gasteiger partial charge in [-0.05, 0) is 55.2 Å². The topological polar surface area (TPSA) is 61.4 Å². The van der Waals surface area contributed by atoms with E-state index in [9.17, 15) is 14.0 Å². The molecular formula is C20H20FN3O2. The largest absolute Gasteiger partial charge is 0.374 e. The van der Waals surface area contributed by atoms with Crippen molar-refractivity contribution in [1.29, 1.82) is 0 Å². The molecule has 4 rings (SSSR count). The highest BCUT2D eigenvalue weighted by Crippen LogP contribution is 2.33. The van der Waals surface area contributed by atoms with Crippen molar-refractivity contribution in [1.82, 2.24) is 4.90 Å². The highest BCUT2D eigenvalue weighted by Gasteiger charge is 2.29. The second-order valence-electron chi connectivity index (χ2n) is 6.73. The van der Waals surface area contributed by atoms with E-state index in [-0.39, 0.29) is 30.2 Å². The van der Waals surface area contributed by atoms with Crippen LogP contribution in [0.1, 0.15) is 41.2 Å². The number of piperidine rings is 1. The average Bonchev–Trinajstić information content (AvgIpc) is 2.67. The van der Waals surface area contributed by atoms with Crippen LogP contribution in [0.3, 0.4) is 0 Å². The zero-order valence-corrected chi connectivity index (χ0v) is 14.3. The number of carbonyl (C=O) groups excluding carboxylic acids is 2. The smallest absolute Gasteiger partial charge is 0.254 e. The van der Waals surface area contributed by atoms with Gasteiger partial charge in [0.15, 0.2) is 0 Å². The van der Waals surface area contributed by atoms with Crippen LogP contribution in [0, 0.1) is 5.82 Å². The molecule has 2 amide bonds. The fraction of sp³-hybridized carbons (Fsp3) is 0.300. The molecule has 1 atom stereocenters. The van der Waals surface area contributed by atoms with E-state index >= 15 is 0 Å². The number of rotatable bonds is 2. The minimum Gasteiger partial charge on any atom is -0.374 e. The van der Waals surface area contributed by atoms with Gasteiger partial charge < -0.3 is 15.5 Å². The van der Waals surface area contributed by atoms with Crippen molar-refractivity contribution in [3.05, 3.63) is 59.4 Å². The number of hydrogen-bond donors (Lipinski definition) is 2. The third-order valence-corrected chi connectivity index (χ3v) is 4.98. The third-order valence-electron chi connectivity index (χ3n) is 4.98. The minimum absolute atomic E-state index is 0.0958. The van der Waals surface area contributed by atoms with Crippen LogP contribution in [0.2, 0.25) is 0 Å². The van der Waals surface area contributed by atoms with Crippen LogP contribution in [0.25, 0.3) is 0 Å². The quantitative estimate of drug-likeness (QED) is 0.868. The summed E-state index contributed by atoms with van der Waals surface area (Å²) in [7, 11) is 0. The maximum atomic E-state index is 13.6. The Morgan fingerprint density at radius 2 is 2.00 bits per heavy atom. The van der Waals surface area contributed by atoms with Gasteiger partial charge in [0.05, 0.1) is 24.0 Å². The highest BCUT2D eigenvalue weighted by molar-refractivity contribution is 6.03. The lowest BCUT2D eigenvalue weighted by Gasteiger charge is -2.36. The molecule has 0 spiro atoms. The normalized spacial score (nSPS) is 19.3. The molecule has 2 heterocycles. The molecule has 0 unspecified atom stereocenters. The Bertz CT molecular complexity index is 868. The molecule has 2 N–H and O–H groups in total. The van der Waals surface area contributed by atoms with E-state index in [0.717, 1.165) is 30.5 Å². The van der Waals surface area contributed by atoms with E-state index in [1.165, 1.54) is 12.1 Å². The summed E-state index contributed by atoms with van der Waals surface area (Å²) in [6.07, 6.45) is 2.76. The molecule has 0 radical (unpaired) electrons. The minimum atomic E-state index is -0.289. The maximum absolute atomic E-state index is 13.6. The Morgan fingerprint density at radius 3 is 2.85 bits per heavy atom. The molecule has 26 heavy (non-hydrogen) atoms. The summed E-state index contributed by atoms with van der Waals surface area (Å²) < 4.78 is 13.6. The van der Waals surface area contributed by atoms with Gasteiger partial charge in [-0.25, -0.2) is 4.39 Å². The average molecular weight is 353 g/mol. The monoisotopic (exact) mass is 353 g/mol. The van der Waals surface area contributed by atoms with Gasteiger partial charge in [0, 0.05) is 12.1 Å². The summed E-state index contributed by atoms with van der Waals surface area (Å²) in [5.74, 6) is -0.512. The summed E-state index contributed by atoms with van der Waals surface area (Å²) >= 11 is 0. The molecule has 6 heteroatoms. The first-order chi connectivity index (χ1) is 12.6. The standard InChI is InChI=1S/C20H20FN3O2/c21-15-5-3-4-13(10-15)18-6-1-2-9-24(18)20(26)14-7-8-16-17(11-14)23-19(25)12-22-16/h3-5,7-8,10-11,18,22H,1-2,6,9,12H2,(H,23,25)/t18-/m1/s1. The number of hydrogen-bond acceptors (Lipinski definition) is 3. The van der Waals surface area contributed by atoms with Gasteiger partial charge >= 0.3 is 0 Å².